The molecule has 1 aromatic carbocycles. The number of phenols is 1. The smallest absolute Gasteiger partial charge is 0.134 e. The van der Waals surface area contributed by atoms with E-state index in [2.05, 4.69) is 0 Å². The zero-order valence-corrected chi connectivity index (χ0v) is 7.62. The van der Waals surface area contributed by atoms with Crippen molar-refractivity contribution >= 4 is 11.6 Å². The van der Waals surface area contributed by atoms with Crippen LogP contribution < -0.4 is 5.73 Å². The minimum atomic E-state index is -0.344. The van der Waals surface area contributed by atoms with Gasteiger partial charge in [-0.1, -0.05) is 17.7 Å². The van der Waals surface area contributed by atoms with E-state index >= 15 is 0 Å². The van der Waals surface area contributed by atoms with Crippen LogP contribution in [0.3, 0.4) is 0 Å². The molecule has 0 spiro atoms. The van der Waals surface area contributed by atoms with Gasteiger partial charge in [-0.05, 0) is 17.7 Å². The van der Waals surface area contributed by atoms with Crippen molar-refractivity contribution in [1.29, 1.82) is 5.26 Å². The molecule has 1 atom stereocenters. The van der Waals surface area contributed by atoms with Crippen molar-refractivity contribution in [2.24, 2.45) is 5.73 Å². The van der Waals surface area contributed by atoms with E-state index in [4.69, 9.17) is 27.7 Å². The fourth-order valence-corrected chi connectivity index (χ4v) is 1.16. The second-order valence-electron chi connectivity index (χ2n) is 2.68. The third-order valence-electron chi connectivity index (χ3n) is 1.71. The largest absolute Gasteiger partial charge is 0.506 e. The van der Waals surface area contributed by atoms with Crippen molar-refractivity contribution in [3.8, 4) is 11.8 Å². The number of hydrogen-bond donors (Lipinski definition) is 2. The highest BCUT2D eigenvalue weighted by Crippen LogP contribution is 2.26. The number of halogens is 1. The fourth-order valence-electron chi connectivity index (χ4n) is 0.970. The average Bonchev–Trinajstić information content (AvgIpc) is 2.10. The summed E-state index contributed by atoms with van der Waals surface area (Å²) in [6, 6.07) is 6.32. The fraction of sp³-hybridized carbons (Fsp3) is 0.222. The molecule has 0 aliphatic carbocycles. The van der Waals surface area contributed by atoms with Crippen LogP contribution >= 0.6 is 11.6 Å². The van der Waals surface area contributed by atoms with Gasteiger partial charge in [0.15, 0.2) is 0 Å². The Hall–Kier alpha value is -1.24. The quantitative estimate of drug-likeness (QED) is 0.760. The number of aromatic hydroxyl groups is 1. The van der Waals surface area contributed by atoms with E-state index in [-0.39, 0.29) is 23.2 Å². The molecule has 13 heavy (non-hydrogen) atoms. The Morgan fingerprint density at radius 3 is 2.85 bits per heavy atom. The summed E-state index contributed by atoms with van der Waals surface area (Å²) < 4.78 is 0. The number of nitrogens with two attached hydrogens (primary N) is 1. The monoisotopic (exact) mass is 196 g/mol. The van der Waals surface area contributed by atoms with E-state index < -0.39 is 0 Å². The van der Waals surface area contributed by atoms with Crippen LogP contribution in [-0.4, -0.2) is 5.11 Å². The van der Waals surface area contributed by atoms with Crippen LogP contribution in [0.5, 0.6) is 5.75 Å². The lowest BCUT2D eigenvalue weighted by molar-refractivity contribution is 0.475. The van der Waals surface area contributed by atoms with Crippen molar-refractivity contribution in [1.82, 2.24) is 0 Å². The first-order valence-electron chi connectivity index (χ1n) is 3.76. The topological polar surface area (TPSA) is 70.0 Å². The Bertz CT molecular complexity index is 346. The molecule has 0 saturated heterocycles. The Kier molecular flexibility index (Phi) is 3.13. The van der Waals surface area contributed by atoms with E-state index in [1.54, 1.807) is 12.1 Å². The van der Waals surface area contributed by atoms with E-state index in [0.717, 1.165) is 5.56 Å². The first kappa shape index (κ1) is 9.85. The zero-order valence-electron chi connectivity index (χ0n) is 6.87. The summed E-state index contributed by atoms with van der Waals surface area (Å²) in [7, 11) is 0. The van der Waals surface area contributed by atoms with Gasteiger partial charge in [-0.3, -0.25) is 0 Å². The Morgan fingerprint density at radius 1 is 1.62 bits per heavy atom. The van der Waals surface area contributed by atoms with Gasteiger partial charge in [0, 0.05) is 6.04 Å². The molecule has 0 aliphatic rings. The van der Waals surface area contributed by atoms with E-state index in [0.29, 0.717) is 0 Å². The summed E-state index contributed by atoms with van der Waals surface area (Å²) in [5.41, 5.74) is 6.42. The normalized spacial score (nSPS) is 12.1. The van der Waals surface area contributed by atoms with Crippen LogP contribution in [-0.2, 0) is 0 Å². The van der Waals surface area contributed by atoms with Gasteiger partial charge in [-0.2, -0.15) is 5.26 Å². The minimum absolute atomic E-state index is 0.0228. The van der Waals surface area contributed by atoms with Crippen LogP contribution in [0.25, 0.3) is 0 Å². The molecule has 0 radical (unpaired) electrons. The van der Waals surface area contributed by atoms with Crippen molar-refractivity contribution in [2.45, 2.75) is 12.5 Å². The third kappa shape index (κ3) is 2.35. The standard InChI is InChI=1S/C9H9ClN2O/c10-7-5-6(1-2-9(7)13)8(12)3-4-11/h1-2,5,8,13H,3,12H2/t8-/m1/s1. The van der Waals surface area contributed by atoms with E-state index in [1.165, 1.54) is 6.07 Å². The summed E-state index contributed by atoms with van der Waals surface area (Å²) in [6.45, 7) is 0. The number of nitrogens with zero attached hydrogens (tertiary/aromatic N) is 1. The zero-order chi connectivity index (χ0) is 9.84. The Balaban J connectivity index is 2.91. The van der Waals surface area contributed by atoms with Crippen LogP contribution in [0.15, 0.2) is 18.2 Å². The highest BCUT2D eigenvalue weighted by molar-refractivity contribution is 6.32. The lowest BCUT2D eigenvalue weighted by Crippen LogP contribution is -2.08. The Labute approximate surface area is 81.4 Å². The van der Waals surface area contributed by atoms with Crippen molar-refractivity contribution in [3.05, 3.63) is 28.8 Å². The first-order valence-corrected chi connectivity index (χ1v) is 4.14. The number of benzene rings is 1. The van der Waals surface area contributed by atoms with Gasteiger partial charge < -0.3 is 10.8 Å². The molecule has 0 fully saturated rings. The van der Waals surface area contributed by atoms with Gasteiger partial charge in [0.05, 0.1) is 17.5 Å². The average molecular weight is 197 g/mol. The number of phenolic OH excluding ortho intramolecular Hbond substituents is 1. The lowest BCUT2D eigenvalue weighted by Gasteiger charge is -2.08. The summed E-state index contributed by atoms with van der Waals surface area (Å²) in [4.78, 5) is 0. The lowest BCUT2D eigenvalue weighted by atomic mass is 10.1. The maximum absolute atomic E-state index is 9.12. The van der Waals surface area contributed by atoms with Gasteiger partial charge in [0.25, 0.3) is 0 Å². The van der Waals surface area contributed by atoms with Crippen molar-refractivity contribution in [3.63, 3.8) is 0 Å². The maximum atomic E-state index is 9.12. The molecule has 0 aromatic heterocycles. The molecule has 0 saturated carbocycles. The number of hydrogen-bond acceptors (Lipinski definition) is 3. The molecule has 0 heterocycles. The molecule has 0 bridgehead atoms. The summed E-state index contributed by atoms with van der Waals surface area (Å²) in [6.07, 6.45) is 0.237. The molecule has 1 rings (SSSR count). The van der Waals surface area contributed by atoms with E-state index in [1.807, 2.05) is 6.07 Å². The van der Waals surface area contributed by atoms with Gasteiger partial charge >= 0.3 is 0 Å². The number of nitriles is 1. The molecule has 1 aromatic rings. The van der Waals surface area contributed by atoms with Crippen molar-refractivity contribution < 1.29 is 5.11 Å². The summed E-state index contributed by atoms with van der Waals surface area (Å²) >= 11 is 5.67. The highest BCUT2D eigenvalue weighted by Gasteiger charge is 2.07. The van der Waals surface area contributed by atoms with Crippen molar-refractivity contribution in [2.75, 3.05) is 0 Å². The summed E-state index contributed by atoms with van der Waals surface area (Å²) in [5, 5.41) is 17.8. The maximum Gasteiger partial charge on any atom is 0.134 e. The predicted molar refractivity (Wildman–Crippen MR) is 50.3 cm³/mol. The van der Waals surface area contributed by atoms with Crippen LogP contribution in [0, 0.1) is 11.3 Å². The van der Waals surface area contributed by atoms with Crippen LogP contribution in [0.4, 0.5) is 0 Å². The third-order valence-corrected chi connectivity index (χ3v) is 2.01. The summed E-state index contributed by atoms with van der Waals surface area (Å²) in [5.74, 6) is 0.0228. The molecule has 4 heteroatoms. The van der Waals surface area contributed by atoms with Gasteiger partial charge in [-0.25, -0.2) is 0 Å². The molecule has 0 amide bonds. The van der Waals surface area contributed by atoms with E-state index in [9.17, 15) is 0 Å². The van der Waals surface area contributed by atoms with Gasteiger partial charge in [0.1, 0.15) is 5.75 Å². The highest BCUT2D eigenvalue weighted by atomic mass is 35.5. The molecular weight excluding hydrogens is 188 g/mol. The van der Waals surface area contributed by atoms with Crippen LogP contribution in [0.2, 0.25) is 5.02 Å². The van der Waals surface area contributed by atoms with Gasteiger partial charge in [0.2, 0.25) is 0 Å². The minimum Gasteiger partial charge on any atom is -0.506 e. The second-order valence-corrected chi connectivity index (χ2v) is 3.09. The molecule has 3 nitrogen and oxygen atoms in total. The SMILES string of the molecule is N#CC[C@@H](N)c1ccc(O)c(Cl)c1. The molecule has 0 unspecified atom stereocenters. The van der Waals surface area contributed by atoms with Crippen LogP contribution in [0.1, 0.15) is 18.0 Å². The second kappa shape index (κ2) is 4.13. The Morgan fingerprint density at radius 2 is 2.31 bits per heavy atom. The molecular formula is C9H9ClN2O. The molecule has 0 aliphatic heterocycles. The molecule has 68 valence electrons. The first-order chi connectivity index (χ1) is 6.15. The number of rotatable bonds is 2. The van der Waals surface area contributed by atoms with Gasteiger partial charge in [-0.15, -0.1) is 0 Å². The molecule has 3 N–H and O–H groups in total. The predicted octanol–water partition coefficient (Wildman–Crippen LogP) is 1.96.